The number of aromatic nitrogens is 5. The fraction of sp³-hybridized carbons (Fsp3) is 0.0909. The van der Waals surface area contributed by atoms with Gasteiger partial charge in [-0.3, -0.25) is 0 Å². The Morgan fingerprint density at radius 2 is 2.21 bits per heavy atom. The lowest BCUT2D eigenvalue weighted by molar-refractivity contribution is 1.08. The molecule has 0 bridgehead atoms. The van der Waals surface area contributed by atoms with Gasteiger partial charge in [0, 0.05) is 17.5 Å². The molecule has 19 heavy (non-hydrogen) atoms. The molecule has 0 unspecified atom stereocenters. The van der Waals surface area contributed by atoms with E-state index < -0.39 is 0 Å². The average molecular weight is 273 g/mol. The lowest BCUT2D eigenvalue weighted by atomic mass is 10.3. The molecule has 0 atom stereocenters. The van der Waals surface area contributed by atoms with Crippen LogP contribution in [0.1, 0.15) is 5.56 Å². The van der Waals surface area contributed by atoms with Crippen LogP contribution >= 0.6 is 11.8 Å². The Kier molecular flexibility index (Phi) is 3.25. The molecule has 96 valence electrons. The molecular weight excluding hydrogens is 262 g/mol. The highest BCUT2D eigenvalue weighted by atomic mass is 32.2. The maximum Gasteiger partial charge on any atom is 0.181 e. The minimum atomic E-state index is 0.667. The van der Waals surface area contributed by atoms with Gasteiger partial charge in [0.1, 0.15) is 22.7 Å². The number of thioether (sulfide) groups is 1. The van der Waals surface area contributed by atoms with E-state index in [0.717, 1.165) is 16.1 Å². The number of imidazole rings is 1. The summed E-state index contributed by atoms with van der Waals surface area (Å²) in [6.45, 7) is 0. The molecule has 0 radical (unpaired) electrons. The fourth-order valence-corrected chi connectivity index (χ4v) is 2.62. The van der Waals surface area contributed by atoms with Crippen molar-refractivity contribution in [3.8, 4) is 0 Å². The van der Waals surface area contributed by atoms with Crippen molar-refractivity contribution in [3.05, 3.63) is 36.5 Å². The highest BCUT2D eigenvalue weighted by Gasteiger charge is 2.08. The second-order valence-corrected chi connectivity index (χ2v) is 4.69. The van der Waals surface area contributed by atoms with Gasteiger partial charge >= 0.3 is 0 Å². The molecule has 0 aliphatic heterocycles. The van der Waals surface area contributed by atoms with Crippen LogP contribution in [0.3, 0.4) is 0 Å². The van der Waals surface area contributed by atoms with Crippen LogP contribution in [-0.4, -0.2) is 24.9 Å². The number of hydrogen-bond acceptors (Lipinski definition) is 7. The zero-order valence-corrected chi connectivity index (χ0v) is 10.7. The summed E-state index contributed by atoms with van der Waals surface area (Å²) in [5, 5.41) is 0.856. The Morgan fingerprint density at radius 3 is 3.11 bits per heavy atom. The molecule has 3 heterocycles. The first-order valence-electron chi connectivity index (χ1n) is 5.56. The summed E-state index contributed by atoms with van der Waals surface area (Å²) < 4.78 is 0. The van der Waals surface area contributed by atoms with E-state index >= 15 is 0 Å². The summed E-state index contributed by atoms with van der Waals surface area (Å²) in [6, 6.07) is 3.85. The quantitative estimate of drug-likeness (QED) is 0.285. The lowest BCUT2D eigenvalue weighted by Gasteiger charge is -2.06. The number of nitrogens with zero attached hydrogens (tertiary/aromatic N) is 4. The summed E-state index contributed by atoms with van der Waals surface area (Å²) in [4.78, 5) is 19.6. The molecule has 3 aromatic rings. The SMILES string of the molecule is NNc1ncccc1CSc1ncnc2nc[nH]c12. The first-order chi connectivity index (χ1) is 9.38. The number of hydrogen-bond donors (Lipinski definition) is 3. The molecule has 0 aliphatic carbocycles. The highest BCUT2D eigenvalue weighted by molar-refractivity contribution is 7.98. The average Bonchev–Trinajstić information content (AvgIpc) is 2.94. The van der Waals surface area contributed by atoms with Crippen molar-refractivity contribution in [2.75, 3.05) is 5.43 Å². The zero-order chi connectivity index (χ0) is 13.1. The summed E-state index contributed by atoms with van der Waals surface area (Å²) in [5.41, 5.74) is 5.12. The number of H-pyrrole nitrogens is 1. The maximum absolute atomic E-state index is 5.43. The number of fused-ring (bicyclic) bond motifs is 1. The topological polar surface area (TPSA) is 105 Å². The third-order valence-electron chi connectivity index (χ3n) is 2.58. The summed E-state index contributed by atoms with van der Waals surface area (Å²) in [7, 11) is 0. The molecule has 3 rings (SSSR count). The van der Waals surface area contributed by atoms with E-state index in [1.54, 1.807) is 24.3 Å². The molecule has 0 saturated carbocycles. The predicted molar refractivity (Wildman–Crippen MR) is 73.3 cm³/mol. The predicted octanol–water partition coefficient (Wildman–Crippen LogP) is 1.33. The van der Waals surface area contributed by atoms with Gasteiger partial charge in [-0.05, 0) is 6.07 Å². The van der Waals surface area contributed by atoms with E-state index in [1.807, 2.05) is 12.1 Å². The third-order valence-corrected chi connectivity index (χ3v) is 3.62. The van der Waals surface area contributed by atoms with Crippen molar-refractivity contribution in [2.45, 2.75) is 10.8 Å². The van der Waals surface area contributed by atoms with E-state index in [9.17, 15) is 0 Å². The fourth-order valence-electron chi connectivity index (χ4n) is 1.68. The van der Waals surface area contributed by atoms with Gasteiger partial charge in [-0.2, -0.15) is 0 Å². The normalized spacial score (nSPS) is 10.8. The van der Waals surface area contributed by atoms with Crippen LogP contribution in [0.4, 0.5) is 5.82 Å². The van der Waals surface area contributed by atoms with E-state index in [-0.39, 0.29) is 0 Å². The van der Waals surface area contributed by atoms with Crippen LogP contribution in [0.25, 0.3) is 11.2 Å². The van der Waals surface area contributed by atoms with Gasteiger partial charge in [0.25, 0.3) is 0 Å². The molecule has 0 spiro atoms. The van der Waals surface area contributed by atoms with E-state index in [0.29, 0.717) is 17.2 Å². The Labute approximate surface area is 113 Å². The minimum Gasteiger partial charge on any atom is -0.341 e. The van der Waals surface area contributed by atoms with Gasteiger partial charge in [0.2, 0.25) is 0 Å². The van der Waals surface area contributed by atoms with Crippen molar-refractivity contribution in [1.82, 2.24) is 24.9 Å². The van der Waals surface area contributed by atoms with Crippen LogP contribution in [0.5, 0.6) is 0 Å². The molecule has 0 fully saturated rings. The number of anilines is 1. The Bertz CT molecular complexity index is 696. The largest absolute Gasteiger partial charge is 0.341 e. The summed E-state index contributed by atoms with van der Waals surface area (Å²) in [5.74, 6) is 6.81. The van der Waals surface area contributed by atoms with Gasteiger partial charge in [-0.25, -0.2) is 25.8 Å². The van der Waals surface area contributed by atoms with Gasteiger partial charge in [0.15, 0.2) is 5.65 Å². The first kappa shape index (κ1) is 11.9. The molecular formula is C11H11N7S. The number of hydrazine groups is 1. The van der Waals surface area contributed by atoms with Gasteiger partial charge in [0.05, 0.1) is 6.33 Å². The molecule has 7 nitrogen and oxygen atoms in total. The standard InChI is InChI=1S/C11H11N7S/c12-18-9-7(2-1-3-13-9)4-19-11-8-10(15-5-14-8)16-6-17-11/h1-3,5-6H,4,12H2,(H,13,18)(H,14,15,16,17). The van der Waals surface area contributed by atoms with Crippen LogP contribution in [0.15, 0.2) is 36.0 Å². The lowest BCUT2D eigenvalue weighted by Crippen LogP contribution is -2.10. The van der Waals surface area contributed by atoms with Crippen molar-refractivity contribution in [2.24, 2.45) is 5.84 Å². The number of aromatic amines is 1. The molecule has 8 heteroatoms. The molecule has 4 N–H and O–H groups in total. The van der Waals surface area contributed by atoms with Gasteiger partial charge in [-0.15, -0.1) is 0 Å². The van der Waals surface area contributed by atoms with Crippen molar-refractivity contribution in [3.63, 3.8) is 0 Å². The second-order valence-electron chi connectivity index (χ2n) is 3.72. The second kappa shape index (κ2) is 5.21. The number of nitrogens with one attached hydrogen (secondary N) is 2. The first-order valence-corrected chi connectivity index (χ1v) is 6.54. The van der Waals surface area contributed by atoms with E-state index in [1.165, 1.54) is 6.33 Å². The van der Waals surface area contributed by atoms with Crippen molar-refractivity contribution in [1.29, 1.82) is 0 Å². The number of nitrogen functional groups attached to an aromatic ring is 1. The van der Waals surface area contributed by atoms with Crippen LogP contribution in [0, 0.1) is 0 Å². The Balaban J connectivity index is 1.84. The smallest absolute Gasteiger partial charge is 0.181 e. The molecule has 0 aromatic carbocycles. The van der Waals surface area contributed by atoms with E-state index in [4.69, 9.17) is 5.84 Å². The van der Waals surface area contributed by atoms with Crippen molar-refractivity contribution >= 4 is 28.7 Å². The van der Waals surface area contributed by atoms with E-state index in [2.05, 4.69) is 30.3 Å². The minimum absolute atomic E-state index is 0.667. The van der Waals surface area contributed by atoms with Crippen LogP contribution < -0.4 is 11.3 Å². The molecule has 3 aromatic heterocycles. The monoisotopic (exact) mass is 273 g/mol. The summed E-state index contributed by atoms with van der Waals surface area (Å²) >= 11 is 1.58. The zero-order valence-electron chi connectivity index (χ0n) is 9.87. The Hall–Kier alpha value is -2.19. The number of rotatable bonds is 4. The highest BCUT2D eigenvalue weighted by Crippen LogP contribution is 2.27. The molecule has 0 amide bonds. The summed E-state index contributed by atoms with van der Waals surface area (Å²) in [6.07, 6.45) is 4.82. The van der Waals surface area contributed by atoms with Crippen molar-refractivity contribution < 1.29 is 0 Å². The number of nitrogens with two attached hydrogens (primary N) is 1. The van der Waals surface area contributed by atoms with Crippen LogP contribution in [-0.2, 0) is 5.75 Å². The third kappa shape index (κ3) is 2.35. The molecule has 0 saturated heterocycles. The Morgan fingerprint density at radius 1 is 1.26 bits per heavy atom. The number of pyridine rings is 1. The van der Waals surface area contributed by atoms with Gasteiger partial charge in [-0.1, -0.05) is 17.8 Å². The van der Waals surface area contributed by atoms with Gasteiger partial charge < -0.3 is 10.4 Å². The molecule has 0 aliphatic rings. The van der Waals surface area contributed by atoms with Crippen LogP contribution in [0.2, 0.25) is 0 Å². The maximum atomic E-state index is 5.43.